The number of amides is 2. The summed E-state index contributed by atoms with van der Waals surface area (Å²) in [6.07, 6.45) is 2.98. The summed E-state index contributed by atoms with van der Waals surface area (Å²) >= 11 is 5.96. The lowest BCUT2D eigenvalue weighted by Crippen LogP contribution is -2.41. The highest BCUT2D eigenvalue weighted by molar-refractivity contribution is 7.89. The maximum absolute atomic E-state index is 12.8. The summed E-state index contributed by atoms with van der Waals surface area (Å²) in [5, 5.41) is 5.57. The Kier molecular flexibility index (Phi) is 7.64. The Bertz CT molecular complexity index is 1050. The zero-order chi connectivity index (χ0) is 22.4. The van der Waals surface area contributed by atoms with Crippen LogP contribution in [0.25, 0.3) is 0 Å². The first-order valence-electron chi connectivity index (χ1n) is 10.1. The van der Waals surface area contributed by atoms with Gasteiger partial charge in [0.1, 0.15) is 10.0 Å². The van der Waals surface area contributed by atoms with E-state index < -0.39 is 10.0 Å². The molecule has 2 N–H and O–H groups in total. The van der Waals surface area contributed by atoms with E-state index in [0.717, 1.165) is 6.42 Å². The average Bonchev–Trinajstić information content (AvgIpc) is 2.78. The van der Waals surface area contributed by atoms with Gasteiger partial charge in [0.05, 0.1) is 11.3 Å². The molecule has 1 aromatic heterocycles. The molecule has 0 aliphatic carbocycles. The standard InChI is InChI=1S/C21H25ClN4O4S/c1-2-11-24-21(28)16-6-3-4-7-17(16)25-20(27)15-9-13-26(14-10-15)31(29,30)18-8-5-12-23-19(18)22/h3-8,12,15H,2,9-11,13-14H2,1H3,(H,24,28)(H,25,27). The summed E-state index contributed by atoms with van der Waals surface area (Å²) in [4.78, 5) is 28.9. The number of hydrogen-bond acceptors (Lipinski definition) is 5. The Morgan fingerprint density at radius 2 is 1.87 bits per heavy atom. The van der Waals surface area contributed by atoms with E-state index in [4.69, 9.17) is 11.6 Å². The minimum absolute atomic E-state index is 0.0356. The van der Waals surface area contributed by atoms with Crippen LogP contribution in [0, 0.1) is 5.92 Å². The summed E-state index contributed by atoms with van der Waals surface area (Å²) in [6.45, 7) is 2.91. The molecule has 0 spiro atoms. The van der Waals surface area contributed by atoms with Gasteiger partial charge in [0, 0.05) is 31.7 Å². The SMILES string of the molecule is CCCNC(=O)c1ccccc1NC(=O)C1CCN(S(=O)(=O)c2cccnc2Cl)CC1. The lowest BCUT2D eigenvalue weighted by Gasteiger charge is -2.30. The third-order valence-electron chi connectivity index (χ3n) is 5.13. The molecule has 1 aliphatic heterocycles. The van der Waals surface area contributed by atoms with E-state index in [2.05, 4.69) is 15.6 Å². The van der Waals surface area contributed by atoms with Crippen LogP contribution in [0.15, 0.2) is 47.5 Å². The molecular weight excluding hydrogens is 440 g/mol. The van der Waals surface area contributed by atoms with E-state index in [1.54, 1.807) is 24.3 Å². The number of nitrogens with one attached hydrogen (secondary N) is 2. The molecule has 8 nitrogen and oxygen atoms in total. The quantitative estimate of drug-likeness (QED) is 0.612. The zero-order valence-electron chi connectivity index (χ0n) is 17.2. The number of hydrogen-bond donors (Lipinski definition) is 2. The smallest absolute Gasteiger partial charge is 0.253 e. The molecule has 1 fully saturated rings. The van der Waals surface area contributed by atoms with Crippen molar-refractivity contribution >= 4 is 39.1 Å². The fraction of sp³-hybridized carbons (Fsp3) is 0.381. The van der Waals surface area contributed by atoms with Gasteiger partial charge in [0.2, 0.25) is 15.9 Å². The van der Waals surface area contributed by atoms with Gasteiger partial charge in [-0.2, -0.15) is 4.31 Å². The largest absolute Gasteiger partial charge is 0.352 e. The van der Waals surface area contributed by atoms with Crippen molar-refractivity contribution in [1.82, 2.24) is 14.6 Å². The number of nitrogens with zero attached hydrogens (tertiary/aromatic N) is 2. The number of aromatic nitrogens is 1. The molecule has 0 saturated carbocycles. The Morgan fingerprint density at radius 1 is 1.16 bits per heavy atom. The summed E-state index contributed by atoms with van der Waals surface area (Å²) in [6, 6.07) is 9.77. The van der Waals surface area contributed by atoms with Crippen molar-refractivity contribution in [2.75, 3.05) is 25.0 Å². The fourth-order valence-electron chi connectivity index (χ4n) is 3.42. The van der Waals surface area contributed by atoms with Gasteiger partial charge in [-0.25, -0.2) is 13.4 Å². The minimum Gasteiger partial charge on any atom is -0.352 e. The molecule has 1 aromatic carbocycles. The van der Waals surface area contributed by atoms with Gasteiger partial charge >= 0.3 is 0 Å². The van der Waals surface area contributed by atoms with E-state index in [0.29, 0.717) is 30.6 Å². The normalized spacial score (nSPS) is 15.4. The van der Waals surface area contributed by atoms with Gasteiger partial charge in [0.15, 0.2) is 0 Å². The Balaban J connectivity index is 1.64. The van der Waals surface area contributed by atoms with Crippen molar-refractivity contribution < 1.29 is 18.0 Å². The fourth-order valence-corrected chi connectivity index (χ4v) is 5.32. The van der Waals surface area contributed by atoms with E-state index in [1.165, 1.54) is 22.6 Å². The van der Waals surface area contributed by atoms with Crippen molar-refractivity contribution in [2.45, 2.75) is 31.1 Å². The first kappa shape index (κ1) is 23.2. The molecule has 166 valence electrons. The van der Waals surface area contributed by atoms with E-state index in [1.807, 2.05) is 6.92 Å². The molecule has 31 heavy (non-hydrogen) atoms. The van der Waals surface area contributed by atoms with Crippen LogP contribution in [0.3, 0.4) is 0 Å². The Morgan fingerprint density at radius 3 is 2.55 bits per heavy atom. The van der Waals surface area contributed by atoms with Crippen LogP contribution in [0.1, 0.15) is 36.5 Å². The van der Waals surface area contributed by atoms with Crippen LogP contribution in [0.5, 0.6) is 0 Å². The van der Waals surface area contributed by atoms with Crippen molar-refractivity contribution in [3.8, 4) is 0 Å². The van der Waals surface area contributed by atoms with Crippen LogP contribution in [0.2, 0.25) is 5.15 Å². The molecule has 0 radical (unpaired) electrons. The molecule has 0 unspecified atom stereocenters. The third-order valence-corrected chi connectivity index (χ3v) is 7.48. The van der Waals surface area contributed by atoms with Crippen LogP contribution in [-0.4, -0.2) is 49.2 Å². The lowest BCUT2D eigenvalue weighted by atomic mass is 9.97. The van der Waals surface area contributed by atoms with Gasteiger partial charge < -0.3 is 10.6 Å². The first-order chi connectivity index (χ1) is 14.8. The number of benzene rings is 1. The summed E-state index contributed by atoms with van der Waals surface area (Å²) in [5.74, 6) is -0.832. The number of carbonyl (C=O) groups is 2. The van der Waals surface area contributed by atoms with Gasteiger partial charge in [-0.05, 0) is 43.5 Å². The van der Waals surface area contributed by atoms with Crippen molar-refractivity contribution in [3.05, 3.63) is 53.3 Å². The van der Waals surface area contributed by atoms with Gasteiger partial charge in [0.25, 0.3) is 5.91 Å². The summed E-state index contributed by atoms with van der Waals surface area (Å²) < 4.78 is 27.0. The number of rotatable bonds is 7. The summed E-state index contributed by atoms with van der Waals surface area (Å²) in [7, 11) is -3.77. The number of sulfonamides is 1. The van der Waals surface area contributed by atoms with Gasteiger partial charge in [-0.1, -0.05) is 30.7 Å². The van der Waals surface area contributed by atoms with E-state index >= 15 is 0 Å². The molecule has 3 rings (SSSR count). The molecule has 1 saturated heterocycles. The molecule has 2 aromatic rings. The number of para-hydroxylation sites is 1. The number of halogens is 1. The molecular formula is C21H25ClN4O4S. The first-order valence-corrected chi connectivity index (χ1v) is 11.9. The average molecular weight is 465 g/mol. The minimum atomic E-state index is -3.77. The topological polar surface area (TPSA) is 108 Å². The third kappa shape index (κ3) is 5.41. The second kappa shape index (κ2) is 10.2. The second-order valence-corrected chi connectivity index (χ2v) is 9.53. The predicted molar refractivity (Wildman–Crippen MR) is 118 cm³/mol. The Hall–Kier alpha value is -2.49. The predicted octanol–water partition coefficient (Wildman–Crippen LogP) is 2.91. The lowest BCUT2D eigenvalue weighted by molar-refractivity contribution is -0.120. The van der Waals surface area contributed by atoms with Gasteiger partial charge in [-0.15, -0.1) is 0 Å². The zero-order valence-corrected chi connectivity index (χ0v) is 18.7. The second-order valence-electron chi connectivity index (χ2n) is 7.26. The maximum Gasteiger partial charge on any atom is 0.253 e. The summed E-state index contributed by atoms with van der Waals surface area (Å²) in [5.41, 5.74) is 0.842. The van der Waals surface area contributed by atoms with Crippen molar-refractivity contribution in [2.24, 2.45) is 5.92 Å². The number of carbonyl (C=O) groups excluding carboxylic acids is 2. The maximum atomic E-state index is 12.8. The molecule has 2 heterocycles. The number of pyridine rings is 1. The van der Waals surface area contributed by atoms with Crippen LogP contribution in [-0.2, 0) is 14.8 Å². The molecule has 0 bridgehead atoms. The van der Waals surface area contributed by atoms with Crippen molar-refractivity contribution in [1.29, 1.82) is 0 Å². The van der Waals surface area contributed by atoms with Gasteiger partial charge in [-0.3, -0.25) is 9.59 Å². The van der Waals surface area contributed by atoms with Crippen LogP contribution >= 0.6 is 11.6 Å². The van der Waals surface area contributed by atoms with Crippen LogP contribution < -0.4 is 10.6 Å². The molecule has 0 atom stereocenters. The monoisotopic (exact) mass is 464 g/mol. The molecule has 10 heteroatoms. The highest BCUT2D eigenvalue weighted by Crippen LogP contribution is 2.28. The molecule has 2 amide bonds. The van der Waals surface area contributed by atoms with Crippen molar-refractivity contribution in [3.63, 3.8) is 0 Å². The van der Waals surface area contributed by atoms with E-state index in [-0.39, 0.29) is 40.9 Å². The number of piperidine rings is 1. The Labute approximate surface area is 187 Å². The highest BCUT2D eigenvalue weighted by atomic mass is 35.5. The molecule has 1 aliphatic rings. The van der Waals surface area contributed by atoms with Crippen LogP contribution in [0.4, 0.5) is 5.69 Å². The van der Waals surface area contributed by atoms with E-state index in [9.17, 15) is 18.0 Å². The number of anilines is 1. The highest BCUT2D eigenvalue weighted by Gasteiger charge is 2.33.